The van der Waals surface area contributed by atoms with Gasteiger partial charge in [0.2, 0.25) is 15.9 Å². The molecule has 0 aromatic heterocycles. The minimum absolute atomic E-state index is 0.00142. The van der Waals surface area contributed by atoms with Crippen LogP contribution in [0.3, 0.4) is 0 Å². The van der Waals surface area contributed by atoms with Crippen molar-refractivity contribution >= 4 is 15.9 Å². The number of sulfonamides is 1. The van der Waals surface area contributed by atoms with E-state index in [0.29, 0.717) is 16.7 Å². The third kappa shape index (κ3) is 4.87. The van der Waals surface area contributed by atoms with Crippen molar-refractivity contribution in [3.63, 3.8) is 0 Å². The lowest BCUT2D eigenvalue weighted by Gasteiger charge is -2.29. The summed E-state index contributed by atoms with van der Waals surface area (Å²) in [6.45, 7) is 3.16. The van der Waals surface area contributed by atoms with Gasteiger partial charge >= 0.3 is 0 Å². The first-order valence-electron chi connectivity index (χ1n) is 9.83. The summed E-state index contributed by atoms with van der Waals surface area (Å²) in [6.07, 6.45) is -0.633. The first-order chi connectivity index (χ1) is 14.1. The molecule has 0 unspecified atom stereocenters. The van der Waals surface area contributed by atoms with Crippen molar-refractivity contribution in [1.82, 2.24) is 9.62 Å². The van der Waals surface area contributed by atoms with Crippen LogP contribution in [0.15, 0.2) is 48.5 Å². The molecule has 1 N–H and O–H groups in total. The highest BCUT2D eigenvalue weighted by Gasteiger charge is 2.46. The van der Waals surface area contributed by atoms with Gasteiger partial charge in [0.05, 0.1) is 24.9 Å². The molecule has 1 heterocycles. The highest BCUT2D eigenvalue weighted by Crippen LogP contribution is 2.30. The van der Waals surface area contributed by atoms with E-state index in [9.17, 15) is 17.6 Å². The van der Waals surface area contributed by atoms with Crippen LogP contribution < -0.4 is 4.72 Å². The molecule has 0 spiro atoms. The maximum Gasteiger partial charge on any atom is 0.225 e. The number of alkyl halides is 1. The fourth-order valence-corrected chi connectivity index (χ4v) is 4.70. The van der Waals surface area contributed by atoms with Gasteiger partial charge < -0.3 is 4.90 Å². The second kappa shape index (κ2) is 8.81. The van der Waals surface area contributed by atoms with E-state index in [0.717, 1.165) is 6.26 Å². The smallest absolute Gasteiger partial charge is 0.225 e. The maximum atomic E-state index is 15.3. The minimum atomic E-state index is -3.72. The lowest BCUT2D eigenvalue weighted by Crippen LogP contribution is -2.50. The topological polar surface area (TPSA) is 66.5 Å². The highest BCUT2D eigenvalue weighted by molar-refractivity contribution is 7.88. The molecule has 0 saturated carbocycles. The molecule has 1 amide bonds. The highest BCUT2D eigenvalue weighted by atomic mass is 32.2. The summed E-state index contributed by atoms with van der Waals surface area (Å²) in [5, 5.41) is 0. The average molecular weight is 437 g/mol. The Bertz CT molecular complexity index is 1010. The van der Waals surface area contributed by atoms with Gasteiger partial charge in [0.25, 0.3) is 0 Å². The lowest BCUT2D eigenvalue weighted by molar-refractivity contribution is -0.135. The molecule has 0 radical (unpaired) electrons. The molecular weight excluding hydrogens is 410 g/mol. The van der Waals surface area contributed by atoms with Gasteiger partial charge in [-0.15, -0.1) is 0 Å². The second-order valence-electron chi connectivity index (χ2n) is 7.99. The van der Waals surface area contributed by atoms with E-state index in [1.54, 1.807) is 56.3 Å². The summed E-state index contributed by atoms with van der Waals surface area (Å²) in [6, 6.07) is 12.0. The van der Waals surface area contributed by atoms with E-state index in [2.05, 4.69) is 4.72 Å². The van der Waals surface area contributed by atoms with E-state index >= 15 is 4.39 Å². The number of carbonyl (C=O) groups excluding carboxylic acids is 1. The molecule has 2 aromatic rings. The van der Waals surface area contributed by atoms with Gasteiger partial charge in [-0.1, -0.05) is 62.4 Å². The zero-order valence-corrected chi connectivity index (χ0v) is 18.0. The fourth-order valence-electron chi connectivity index (χ4n) is 3.90. The summed E-state index contributed by atoms with van der Waals surface area (Å²) >= 11 is 0. The molecule has 8 heteroatoms. The number of hydrogen-bond acceptors (Lipinski definition) is 3. The summed E-state index contributed by atoms with van der Waals surface area (Å²) in [5.41, 5.74) is 1.40. The van der Waals surface area contributed by atoms with Gasteiger partial charge in [-0.25, -0.2) is 21.9 Å². The molecule has 162 valence electrons. The third-order valence-electron chi connectivity index (χ3n) is 5.30. The Morgan fingerprint density at radius 2 is 1.83 bits per heavy atom. The van der Waals surface area contributed by atoms with Crippen molar-refractivity contribution in [3.05, 3.63) is 59.9 Å². The maximum absolute atomic E-state index is 15.3. The van der Waals surface area contributed by atoms with Gasteiger partial charge in [0, 0.05) is 11.5 Å². The first-order valence-corrected chi connectivity index (χ1v) is 11.7. The van der Waals surface area contributed by atoms with Crippen LogP contribution in [0.1, 0.15) is 19.4 Å². The van der Waals surface area contributed by atoms with Gasteiger partial charge in [-0.2, -0.15) is 0 Å². The van der Waals surface area contributed by atoms with Gasteiger partial charge in [-0.05, 0) is 17.5 Å². The normalized spacial score (nSPS) is 21.9. The van der Waals surface area contributed by atoms with Crippen LogP contribution in [-0.2, 0) is 21.2 Å². The predicted molar refractivity (Wildman–Crippen MR) is 113 cm³/mol. The molecule has 1 fully saturated rings. The molecule has 0 bridgehead atoms. The Labute approximate surface area is 176 Å². The molecule has 30 heavy (non-hydrogen) atoms. The monoisotopic (exact) mass is 436 g/mol. The Kier molecular flexibility index (Phi) is 6.57. The van der Waals surface area contributed by atoms with Crippen LogP contribution >= 0.6 is 0 Å². The van der Waals surface area contributed by atoms with Crippen LogP contribution in [0, 0.1) is 11.7 Å². The van der Waals surface area contributed by atoms with Crippen LogP contribution in [0.25, 0.3) is 11.1 Å². The number of nitrogens with one attached hydrogen (secondary N) is 1. The van der Waals surface area contributed by atoms with Crippen LogP contribution in [-0.4, -0.2) is 50.3 Å². The summed E-state index contributed by atoms with van der Waals surface area (Å²) in [7, 11) is -3.72. The Morgan fingerprint density at radius 3 is 2.43 bits per heavy atom. The summed E-state index contributed by atoms with van der Waals surface area (Å²) in [5.74, 6) is -1.14. The lowest BCUT2D eigenvalue weighted by atomic mass is 9.95. The first kappa shape index (κ1) is 22.4. The van der Waals surface area contributed by atoms with Gasteiger partial charge in [0.15, 0.2) is 0 Å². The SMILES string of the molecule is CC(C)C(=O)N1C[C@H](F)[C@H](NS(C)(=O)=O)[C@@H]1Cc1cccc(-c2ccccc2)c1F. The molecule has 3 rings (SSSR count). The number of nitrogens with zero attached hydrogens (tertiary/aromatic N) is 1. The van der Waals surface area contributed by atoms with Crippen LogP contribution in [0.4, 0.5) is 8.78 Å². The second-order valence-corrected chi connectivity index (χ2v) is 9.77. The standard InChI is InChI=1S/C22H26F2N2O3S/c1-14(2)22(27)26-13-18(23)21(25-30(3,28)29)19(26)12-16-10-7-11-17(20(16)24)15-8-5-4-6-9-15/h4-11,14,18-19,21,25H,12-13H2,1-3H3/t18-,19-,21-/m0/s1. The molecule has 1 aliphatic heterocycles. The van der Waals surface area contributed by atoms with Crippen molar-refractivity contribution in [2.45, 2.75) is 38.5 Å². The van der Waals surface area contributed by atoms with Crippen LogP contribution in [0.2, 0.25) is 0 Å². The molecule has 1 saturated heterocycles. The third-order valence-corrected chi connectivity index (χ3v) is 6.00. The number of halogens is 2. The van der Waals surface area contributed by atoms with E-state index in [1.165, 1.54) is 4.90 Å². The van der Waals surface area contributed by atoms with Crippen molar-refractivity contribution in [3.8, 4) is 11.1 Å². The van der Waals surface area contributed by atoms with E-state index in [4.69, 9.17) is 0 Å². The fraction of sp³-hybridized carbons (Fsp3) is 0.409. The Balaban J connectivity index is 1.99. The number of rotatable bonds is 6. The molecule has 2 aromatic carbocycles. The number of likely N-dealkylation sites (tertiary alicyclic amines) is 1. The molecule has 1 aliphatic rings. The Hall–Kier alpha value is -2.32. The molecule has 5 nitrogen and oxygen atoms in total. The number of benzene rings is 2. The minimum Gasteiger partial charge on any atom is -0.334 e. The van der Waals surface area contributed by atoms with Crippen molar-refractivity contribution in [1.29, 1.82) is 0 Å². The van der Waals surface area contributed by atoms with Gasteiger partial charge in [0.1, 0.15) is 12.0 Å². The van der Waals surface area contributed by atoms with E-state index in [1.807, 2.05) is 6.07 Å². The van der Waals surface area contributed by atoms with E-state index in [-0.39, 0.29) is 18.9 Å². The van der Waals surface area contributed by atoms with Crippen molar-refractivity contribution in [2.24, 2.45) is 5.92 Å². The quantitative estimate of drug-likeness (QED) is 0.757. The number of carbonyl (C=O) groups is 1. The summed E-state index contributed by atoms with van der Waals surface area (Å²) < 4.78 is 56.0. The zero-order chi connectivity index (χ0) is 22.1. The number of hydrogen-bond donors (Lipinski definition) is 1. The largest absolute Gasteiger partial charge is 0.334 e. The van der Waals surface area contributed by atoms with Crippen LogP contribution in [0.5, 0.6) is 0 Å². The average Bonchev–Trinajstić information content (AvgIpc) is 2.97. The van der Waals surface area contributed by atoms with Crippen molar-refractivity contribution < 1.29 is 22.0 Å². The van der Waals surface area contributed by atoms with Gasteiger partial charge in [-0.3, -0.25) is 4.79 Å². The Morgan fingerprint density at radius 1 is 1.17 bits per heavy atom. The zero-order valence-electron chi connectivity index (χ0n) is 17.2. The molecule has 0 aliphatic carbocycles. The predicted octanol–water partition coefficient (Wildman–Crippen LogP) is 3.16. The molecule has 3 atom stereocenters. The molecular formula is C22H26F2N2O3S. The van der Waals surface area contributed by atoms with Crippen molar-refractivity contribution in [2.75, 3.05) is 12.8 Å². The number of amides is 1. The summed E-state index contributed by atoms with van der Waals surface area (Å²) in [4.78, 5) is 14.0. The van der Waals surface area contributed by atoms with E-state index < -0.39 is 40.0 Å².